The van der Waals surface area contributed by atoms with Gasteiger partial charge in [0.15, 0.2) is 0 Å². The van der Waals surface area contributed by atoms with Crippen LogP contribution in [0, 0.1) is 17.2 Å². The molecule has 2 aromatic heterocycles. The third-order valence-corrected chi connectivity index (χ3v) is 7.95. The monoisotopic (exact) mass is 440 g/mol. The number of fused-ring (bicyclic) bond motifs is 2. The van der Waals surface area contributed by atoms with E-state index in [4.69, 9.17) is 0 Å². The van der Waals surface area contributed by atoms with Crippen molar-refractivity contribution in [3.8, 4) is 17.2 Å². The molecule has 160 valence electrons. The first kappa shape index (κ1) is 20.7. The number of aromatic nitrogens is 1. The topological polar surface area (TPSA) is 74.0 Å². The van der Waals surface area contributed by atoms with Gasteiger partial charge in [0.05, 0.1) is 22.8 Å². The second-order valence-electron chi connectivity index (χ2n) is 8.75. The molecule has 1 atom stereocenters. The van der Waals surface area contributed by atoms with Crippen molar-refractivity contribution in [3.63, 3.8) is 0 Å². The molecule has 0 aliphatic heterocycles. The molecular formula is C27H24N2O2S. The Labute approximate surface area is 191 Å². The van der Waals surface area contributed by atoms with Gasteiger partial charge in [-0.05, 0) is 35.4 Å². The molecule has 0 unspecified atom stereocenters. The number of hydrogen-bond acceptors (Lipinski definition) is 4. The van der Waals surface area contributed by atoms with Crippen LogP contribution in [0.4, 0.5) is 0 Å². The smallest absolute Gasteiger partial charge is 0.303 e. The summed E-state index contributed by atoms with van der Waals surface area (Å²) in [6, 6.07) is 16.3. The van der Waals surface area contributed by atoms with Gasteiger partial charge >= 0.3 is 5.97 Å². The van der Waals surface area contributed by atoms with Gasteiger partial charge in [-0.3, -0.25) is 9.78 Å². The molecule has 1 saturated carbocycles. The molecule has 2 heterocycles. The lowest BCUT2D eigenvalue weighted by Gasteiger charge is -2.17. The standard InChI is InChI=1S/C27H24N2O2S/c28-14-18-9-10-22(21-8-4-3-7-20(18)21)24-15-29-16-26-23(24)13-25(32-26)19(12-27(30)31)11-17-5-1-2-6-17/h3-4,7-10,13,15-17,19H,1-2,5-6,11-12H2,(H,30,31)/t19-/m0/s1. The Balaban J connectivity index is 1.62. The van der Waals surface area contributed by atoms with Crippen molar-refractivity contribution in [2.75, 3.05) is 0 Å². The minimum absolute atomic E-state index is 0.0403. The molecule has 0 amide bonds. The molecule has 2 aromatic carbocycles. The summed E-state index contributed by atoms with van der Waals surface area (Å²) in [7, 11) is 0. The van der Waals surface area contributed by atoms with Crippen LogP contribution in [0.15, 0.2) is 54.9 Å². The summed E-state index contributed by atoms with van der Waals surface area (Å²) in [6.07, 6.45) is 9.83. The van der Waals surface area contributed by atoms with Gasteiger partial charge in [0, 0.05) is 39.5 Å². The number of carboxylic acid groups (broad SMARTS) is 1. The molecule has 1 fully saturated rings. The van der Waals surface area contributed by atoms with E-state index < -0.39 is 5.97 Å². The van der Waals surface area contributed by atoms with Crippen molar-refractivity contribution in [1.82, 2.24) is 4.98 Å². The molecule has 0 radical (unpaired) electrons. The SMILES string of the molecule is N#Cc1ccc(-c2cncc3sc([C@H](CC(=O)O)CC4CCCC4)cc23)c2ccccc12. The Bertz CT molecular complexity index is 1350. The van der Waals surface area contributed by atoms with Crippen LogP contribution in [0.25, 0.3) is 32.0 Å². The van der Waals surface area contributed by atoms with Gasteiger partial charge in [-0.15, -0.1) is 11.3 Å². The first-order chi connectivity index (χ1) is 15.6. The minimum Gasteiger partial charge on any atom is -0.481 e. The number of thiophene rings is 1. The zero-order valence-corrected chi connectivity index (χ0v) is 18.6. The number of nitrogens with zero attached hydrogens (tertiary/aromatic N) is 2. The van der Waals surface area contributed by atoms with E-state index in [0.29, 0.717) is 11.5 Å². The fourth-order valence-corrected chi connectivity index (χ4v) is 6.36. The van der Waals surface area contributed by atoms with Crippen LogP contribution < -0.4 is 0 Å². The van der Waals surface area contributed by atoms with Crippen LogP contribution in [0.1, 0.15) is 54.9 Å². The number of nitriles is 1. The van der Waals surface area contributed by atoms with E-state index in [2.05, 4.69) is 17.1 Å². The molecule has 0 spiro atoms. The summed E-state index contributed by atoms with van der Waals surface area (Å²) in [6.45, 7) is 0. The molecule has 5 rings (SSSR count). The molecular weight excluding hydrogens is 416 g/mol. The largest absolute Gasteiger partial charge is 0.481 e. The molecule has 1 aliphatic rings. The lowest BCUT2D eigenvalue weighted by atomic mass is 9.89. The fourth-order valence-electron chi connectivity index (χ4n) is 5.19. The molecule has 4 aromatic rings. The number of hydrogen-bond donors (Lipinski definition) is 1. The Kier molecular flexibility index (Phi) is 5.63. The number of carboxylic acids is 1. The quantitative estimate of drug-likeness (QED) is 0.346. The molecule has 1 N–H and O–H groups in total. The molecule has 4 nitrogen and oxygen atoms in total. The highest BCUT2D eigenvalue weighted by Crippen LogP contribution is 2.43. The zero-order chi connectivity index (χ0) is 22.1. The average molecular weight is 441 g/mol. The van der Waals surface area contributed by atoms with Gasteiger partial charge in [0.2, 0.25) is 0 Å². The number of benzene rings is 2. The van der Waals surface area contributed by atoms with Gasteiger partial charge in [0.1, 0.15) is 0 Å². The summed E-state index contributed by atoms with van der Waals surface area (Å²) in [5.41, 5.74) is 2.74. The van der Waals surface area contributed by atoms with E-state index in [-0.39, 0.29) is 12.3 Å². The van der Waals surface area contributed by atoms with Crippen LogP contribution in [-0.2, 0) is 4.79 Å². The van der Waals surface area contributed by atoms with Crippen molar-refractivity contribution < 1.29 is 9.90 Å². The Morgan fingerprint density at radius 2 is 1.88 bits per heavy atom. The maximum atomic E-state index is 11.6. The van der Waals surface area contributed by atoms with E-state index in [1.807, 2.05) is 48.8 Å². The maximum absolute atomic E-state index is 11.6. The number of rotatable bonds is 6. The minimum atomic E-state index is -0.734. The van der Waals surface area contributed by atoms with Crippen LogP contribution in [-0.4, -0.2) is 16.1 Å². The summed E-state index contributed by atoms with van der Waals surface area (Å²) in [4.78, 5) is 17.3. The molecule has 1 aliphatic carbocycles. The number of aliphatic carboxylic acids is 1. The third kappa shape index (κ3) is 3.87. The zero-order valence-electron chi connectivity index (χ0n) is 17.8. The van der Waals surface area contributed by atoms with Gasteiger partial charge in [0.25, 0.3) is 0 Å². The Morgan fingerprint density at radius 3 is 2.62 bits per heavy atom. The van der Waals surface area contributed by atoms with Gasteiger partial charge in [-0.1, -0.05) is 56.0 Å². The average Bonchev–Trinajstić information content (AvgIpc) is 3.47. The van der Waals surface area contributed by atoms with E-state index in [9.17, 15) is 15.2 Å². The highest BCUT2D eigenvalue weighted by Gasteiger charge is 2.25. The lowest BCUT2D eigenvalue weighted by molar-refractivity contribution is -0.137. The normalized spacial score (nSPS) is 15.2. The second-order valence-corrected chi connectivity index (χ2v) is 9.86. The second kappa shape index (κ2) is 8.72. The summed E-state index contributed by atoms with van der Waals surface area (Å²) in [5.74, 6) is -0.0647. The van der Waals surface area contributed by atoms with Crippen LogP contribution in [0.5, 0.6) is 0 Å². The summed E-state index contributed by atoms with van der Waals surface area (Å²) < 4.78 is 1.08. The van der Waals surface area contributed by atoms with Gasteiger partial charge in [-0.25, -0.2) is 0 Å². The number of carbonyl (C=O) groups is 1. The predicted octanol–water partition coefficient (Wildman–Crippen LogP) is 7.13. The van der Waals surface area contributed by atoms with Crippen molar-refractivity contribution >= 4 is 38.2 Å². The summed E-state index contributed by atoms with van der Waals surface area (Å²) in [5, 5.41) is 22.1. The van der Waals surface area contributed by atoms with Gasteiger partial charge in [-0.2, -0.15) is 5.26 Å². The fraction of sp³-hybridized carbons (Fsp3) is 0.296. The highest BCUT2D eigenvalue weighted by atomic mass is 32.1. The Hall–Kier alpha value is -3.23. The lowest BCUT2D eigenvalue weighted by Crippen LogP contribution is -2.09. The molecule has 0 saturated heterocycles. The van der Waals surface area contributed by atoms with Crippen molar-refractivity contribution in [3.05, 3.63) is 65.3 Å². The summed E-state index contributed by atoms with van der Waals surface area (Å²) >= 11 is 1.67. The van der Waals surface area contributed by atoms with Crippen LogP contribution in [0.2, 0.25) is 0 Å². The molecule has 5 heteroatoms. The van der Waals surface area contributed by atoms with E-state index in [1.165, 1.54) is 25.7 Å². The van der Waals surface area contributed by atoms with Gasteiger partial charge < -0.3 is 5.11 Å². The van der Waals surface area contributed by atoms with E-state index in [1.54, 1.807) is 11.3 Å². The van der Waals surface area contributed by atoms with Crippen LogP contribution in [0.3, 0.4) is 0 Å². The van der Waals surface area contributed by atoms with Crippen molar-refractivity contribution in [2.24, 2.45) is 5.92 Å². The van der Waals surface area contributed by atoms with E-state index >= 15 is 0 Å². The molecule has 0 bridgehead atoms. The maximum Gasteiger partial charge on any atom is 0.303 e. The van der Waals surface area contributed by atoms with Crippen molar-refractivity contribution in [2.45, 2.75) is 44.4 Å². The molecule has 32 heavy (non-hydrogen) atoms. The van der Waals surface area contributed by atoms with E-state index in [0.717, 1.165) is 43.3 Å². The Morgan fingerprint density at radius 1 is 1.09 bits per heavy atom. The predicted molar refractivity (Wildman–Crippen MR) is 129 cm³/mol. The first-order valence-electron chi connectivity index (χ1n) is 11.2. The first-order valence-corrected chi connectivity index (χ1v) is 12.0. The highest BCUT2D eigenvalue weighted by molar-refractivity contribution is 7.19. The third-order valence-electron chi connectivity index (χ3n) is 6.72. The van der Waals surface area contributed by atoms with Crippen molar-refractivity contribution in [1.29, 1.82) is 5.26 Å². The number of pyridine rings is 1. The van der Waals surface area contributed by atoms with Crippen LogP contribution >= 0.6 is 11.3 Å².